The molecule has 25 heavy (non-hydrogen) atoms. The van der Waals surface area contributed by atoms with Crippen LogP contribution < -0.4 is 10.6 Å². The third kappa shape index (κ3) is 5.53. The lowest BCUT2D eigenvalue weighted by Gasteiger charge is -2.26. The number of piperidine rings is 1. The van der Waals surface area contributed by atoms with E-state index in [9.17, 15) is 9.59 Å². The van der Waals surface area contributed by atoms with E-state index in [1.807, 2.05) is 43.0 Å². The fourth-order valence-corrected chi connectivity index (χ4v) is 2.82. The molecule has 3 amide bonds. The number of carbonyl (C=O) groups is 2. The standard InChI is InChI=1S/C20H27N3O2/c1-4-18(15(2)3)22-20(25)21-14-16-8-10-17(11-9-16)19(24)23-12-6-5-7-13-23/h1,8-11,15,18H,5-7,12-14H2,2-3H3,(H2,21,22,25)/t18-/m1/s1. The van der Waals surface area contributed by atoms with E-state index in [0.29, 0.717) is 12.1 Å². The first-order valence-corrected chi connectivity index (χ1v) is 8.90. The smallest absolute Gasteiger partial charge is 0.316 e. The van der Waals surface area contributed by atoms with Crippen molar-refractivity contribution in [3.63, 3.8) is 0 Å². The van der Waals surface area contributed by atoms with Crippen molar-refractivity contribution in [1.82, 2.24) is 15.5 Å². The predicted molar refractivity (Wildman–Crippen MR) is 99.0 cm³/mol. The van der Waals surface area contributed by atoms with E-state index in [0.717, 1.165) is 31.5 Å². The highest BCUT2D eigenvalue weighted by molar-refractivity contribution is 5.94. The normalized spacial score (nSPS) is 15.4. The summed E-state index contributed by atoms with van der Waals surface area (Å²) in [6.45, 7) is 5.99. The third-order valence-corrected chi connectivity index (χ3v) is 4.43. The molecule has 1 fully saturated rings. The molecule has 0 radical (unpaired) electrons. The number of amides is 3. The van der Waals surface area contributed by atoms with E-state index >= 15 is 0 Å². The Bertz CT molecular complexity index is 625. The van der Waals surface area contributed by atoms with Gasteiger partial charge in [0.15, 0.2) is 0 Å². The highest BCUT2D eigenvalue weighted by Gasteiger charge is 2.18. The van der Waals surface area contributed by atoms with Gasteiger partial charge in [0.1, 0.15) is 0 Å². The Morgan fingerprint density at radius 1 is 1.16 bits per heavy atom. The molecule has 1 aromatic carbocycles. The maximum atomic E-state index is 12.4. The molecule has 2 N–H and O–H groups in total. The van der Waals surface area contributed by atoms with Crippen molar-refractivity contribution in [3.05, 3.63) is 35.4 Å². The lowest BCUT2D eigenvalue weighted by molar-refractivity contribution is 0.0724. The molecule has 1 atom stereocenters. The Kier molecular flexibility index (Phi) is 6.88. The van der Waals surface area contributed by atoms with E-state index in [4.69, 9.17) is 6.42 Å². The summed E-state index contributed by atoms with van der Waals surface area (Å²) in [6.07, 6.45) is 8.77. The summed E-state index contributed by atoms with van der Waals surface area (Å²) in [5.74, 6) is 2.83. The van der Waals surface area contributed by atoms with Crippen molar-refractivity contribution in [3.8, 4) is 12.3 Å². The number of nitrogens with one attached hydrogen (secondary N) is 2. The summed E-state index contributed by atoms with van der Waals surface area (Å²) >= 11 is 0. The Balaban J connectivity index is 1.85. The van der Waals surface area contributed by atoms with Gasteiger partial charge in [0.2, 0.25) is 0 Å². The van der Waals surface area contributed by atoms with Crippen LogP contribution in [-0.2, 0) is 6.54 Å². The number of hydrogen-bond acceptors (Lipinski definition) is 2. The van der Waals surface area contributed by atoms with Gasteiger partial charge in [-0.3, -0.25) is 4.79 Å². The second kappa shape index (κ2) is 9.12. The average molecular weight is 341 g/mol. The summed E-state index contributed by atoms with van der Waals surface area (Å²) in [7, 11) is 0. The maximum absolute atomic E-state index is 12.4. The summed E-state index contributed by atoms with van der Waals surface area (Å²) in [4.78, 5) is 26.2. The highest BCUT2D eigenvalue weighted by atomic mass is 16.2. The zero-order valence-electron chi connectivity index (χ0n) is 15.0. The molecule has 0 spiro atoms. The third-order valence-electron chi connectivity index (χ3n) is 4.43. The SMILES string of the molecule is C#C[C@@H](NC(=O)NCc1ccc(C(=O)N2CCCCC2)cc1)C(C)C. The molecule has 5 nitrogen and oxygen atoms in total. The minimum atomic E-state index is -0.287. The number of urea groups is 1. The van der Waals surface area contributed by atoms with Crippen molar-refractivity contribution < 1.29 is 9.59 Å². The number of terminal acetylenes is 1. The minimum Gasteiger partial charge on any atom is -0.339 e. The molecule has 0 aromatic heterocycles. The number of likely N-dealkylation sites (tertiary alicyclic amines) is 1. The Hall–Kier alpha value is -2.48. The molecule has 0 bridgehead atoms. The van der Waals surface area contributed by atoms with Crippen molar-refractivity contribution >= 4 is 11.9 Å². The summed E-state index contributed by atoms with van der Waals surface area (Å²) in [5, 5.41) is 5.55. The molecule has 1 aliphatic heterocycles. The van der Waals surface area contributed by atoms with Gasteiger partial charge in [-0.15, -0.1) is 6.42 Å². The molecule has 134 valence electrons. The molecule has 1 saturated heterocycles. The van der Waals surface area contributed by atoms with Crippen LogP contribution in [0.2, 0.25) is 0 Å². The van der Waals surface area contributed by atoms with Gasteiger partial charge < -0.3 is 15.5 Å². The highest BCUT2D eigenvalue weighted by Crippen LogP contribution is 2.14. The van der Waals surface area contributed by atoms with Gasteiger partial charge in [-0.2, -0.15) is 0 Å². The molecule has 1 aliphatic rings. The van der Waals surface area contributed by atoms with E-state index in [1.54, 1.807) is 0 Å². The summed E-state index contributed by atoms with van der Waals surface area (Å²) in [6, 6.07) is 6.82. The molecule has 0 unspecified atom stereocenters. The van der Waals surface area contributed by atoms with E-state index in [1.165, 1.54) is 6.42 Å². The van der Waals surface area contributed by atoms with Gasteiger partial charge in [0, 0.05) is 25.2 Å². The van der Waals surface area contributed by atoms with Crippen LogP contribution in [0.15, 0.2) is 24.3 Å². The topological polar surface area (TPSA) is 61.4 Å². The Labute approximate surface area is 150 Å². The molecule has 5 heteroatoms. The van der Waals surface area contributed by atoms with Crippen LogP contribution in [0, 0.1) is 18.3 Å². The lowest BCUT2D eigenvalue weighted by atomic mass is 10.1. The molecular weight excluding hydrogens is 314 g/mol. The molecule has 1 aromatic rings. The number of benzene rings is 1. The first-order valence-electron chi connectivity index (χ1n) is 8.90. The van der Waals surface area contributed by atoms with Gasteiger partial charge in [-0.25, -0.2) is 4.79 Å². The van der Waals surface area contributed by atoms with Crippen LogP contribution in [0.1, 0.15) is 49.0 Å². The molecule has 0 saturated carbocycles. The van der Waals surface area contributed by atoms with Crippen LogP contribution in [-0.4, -0.2) is 36.0 Å². The number of carbonyl (C=O) groups excluding carboxylic acids is 2. The largest absolute Gasteiger partial charge is 0.339 e. The van der Waals surface area contributed by atoms with E-state index < -0.39 is 0 Å². The number of nitrogens with zero attached hydrogens (tertiary/aromatic N) is 1. The zero-order chi connectivity index (χ0) is 18.2. The fraction of sp³-hybridized carbons (Fsp3) is 0.500. The second-order valence-corrected chi connectivity index (χ2v) is 6.77. The average Bonchev–Trinajstić information content (AvgIpc) is 2.64. The molecule has 1 heterocycles. The first-order chi connectivity index (χ1) is 12.0. The van der Waals surface area contributed by atoms with Crippen LogP contribution in [0.4, 0.5) is 4.79 Å². The van der Waals surface area contributed by atoms with Gasteiger partial charge in [-0.05, 0) is 42.9 Å². The molecule has 0 aliphatic carbocycles. The predicted octanol–water partition coefficient (Wildman–Crippen LogP) is 2.77. The number of hydrogen-bond donors (Lipinski definition) is 2. The van der Waals surface area contributed by atoms with Gasteiger partial charge in [0.05, 0.1) is 6.04 Å². The van der Waals surface area contributed by atoms with Crippen LogP contribution in [0.25, 0.3) is 0 Å². The Morgan fingerprint density at radius 2 is 1.80 bits per heavy atom. The number of rotatable bonds is 5. The van der Waals surface area contributed by atoms with E-state index in [2.05, 4.69) is 16.6 Å². The summed E-state index contributed by atoms with van der Waals surface area (Å²) in [5.41, 5.74) is 1.63. The van der Waals surface area contributed by atoms with Crippen molar-refractivity contribution in [2.45, 2.75) is 45.7 Å². The lowest BCUT2D eigenvalue weighted by Crippen LogP contribution is -2.43. The Morgan fingerprint density at radius 3 is 2.36 bits per heavy atom. The van der Waals surface area contributed by atoms with Crippen molar-refractivity contribution in [2.75, 3.05) is 13.1 Å². The molecular formula is C20H27N3O2. The van der Waals surface area contributed by atoms with Crippen LogP contribution in [0.5, 0.6) is 0 Å². The van der Waals surface area contributed by atoms with Gasteiger partial charge in [0.25, 0.3) is 5.91 Å². The molecule has 2 rings (SSSR count). The van der Waals surface area contributed by atoms with Crippen molar-refractivity contribution in [1.29, 1.82) is 0 Å². The van der Waals surface area contributed by atoms with Gasteiger partial charge in [-0.1, -0.05) is 31.9 Å². The van der Waals surface area contributed by atoms with Crippen molar-refractivity contribution in [2.24, 2.45) is 5.92 Å². The van der Waals surface area contributed by atoms with E-state index in [-0.39, 0.29) is 23.9 Å². The summed E-state index contributed by atoms with van der Waals surface area (Å²) < 4.78 is 0. The van der Waals surface area contributed by atoms with Crippen LogP contribution in [0.3, 0.4) is 0 Å². The van der Waals surface area contributed by atoms with Crippen LogP contribution >= 0.6 is 0 Å². The second-order valence-electron chi connectivity index (χ2n) is 6.77. The van der Waals surface area contributed by atoms with Gasteiger partial charge >= 0.3 is 6.03 Å². The maximum Gasteiger partial charge on any atom is 0.316 e. The minimum absolute atomic E-state index is 0.0887. The zero-order valence-corrected chi connectivity index (χ0v) is 15.0. The fourth-order valence-electron chi connectivity index (χ4n) is 2.82. The monoisotopic (exact) mass is 341 g/mol. The first kappa shape index (κ1) is 18.9. The quantitative estimate of drug-likeness (QED) is 0.809.